The predicted octanol–water partition coefficient (Wildman–Crippen LogP) is 2.90. The zero-order chi connectivity index (χ0) is 17.6. The summed E-state index contributed by atoms with van der Waals surface area (Å²) in [5, 5.41) is 6.64. The van der Waals surface area contributed by atoms with E-state index in [4.69, 9.17) is 0 Å². The van der Waals surface area contributed by atoms with Crippen molar-refractivity contribution in [2.45, 2.75) is 44.7 Å². The van der Waals surface area contributed by atoms with E-state index >= 15 is 0 Å². The van der Waals surface area contributed by atoms with Crippen LogP contribution >= 0.6 is 24.0 Å². The predicted molar refractivity (Wildman–Crippen MR) is 112 cm³/mol. The molecule has 1 atom stereocenters. The molecule has 2 N–H and O–H groups in total. The molecule has 2 fully saturated rings. The number of aliphatic imine (C=N–C) groups is 1. The van der Waals surface area contributed by atoms with Crippen LogP contribution < -0.4 is 10.6 Å². The van der Waals surface area contributed by atoms with Gasteiger partial charge in [0.2, 0.25) is 5.91 Å². The molecule has 0 bridgehead atoms. The van der Waals surface area contributed by atoms with Crippen LogP contribution in [-0.4, -0.2) is 42.9 Å². The van der Waals surface area contributed by atoms with Crippen molar-refractivity contribution in [1.29, 1.82) is 0 Å². The van der Waals surface area contributed by atoms with Crippen LogP contribution in [0.15, 0.2) is 29.3 Å². The van der Waals surface area contributed by atoms with Gasteiger partial charge in [0.05, 0.1) is 0 Å². The van der Waals surface area contributed by atoms with E-state index in [-0.39, 0.29) is 41.8 Å². The van der Waals surface area contributed by atoms with Crippen LogP contribution in [0.4, 0.5) is 4.39 Å². The Balaban J connectivity index is 0.00000243. The minimum atomic E-state index is -0.232. The molecule has 26 heavy (non-hydrogen) atoms. The van der Waals surface area contributed by atoms with Crippen LogP contribution in [0.2, 0.25) is 0 Å². The number of amides is 1. The summed E-state index contributed by atoms with van der Waals surface area (Å²) in [6.07, 6.45) is 5.41. The molecule has 1 heterocycles. The molecule has 2 aliphatic rings. The molecule has 1 aliphatic heterocycles. The second-order valence-electron chi connectivity index (χ2n) is 6.95. The van der Waals surface area contributed by atoms with Gasteiger partial charge in [-0.2, -0.15) is 0 Å². The largest absolute Gasteiger partial charge is 0.352 e. The fourth-order valence-corrected chi connectivity index (χ4v) is 3.69. The third-order valence-corrected chi connectivity index (χ3v) is 5.14. The van der Waals surface area contributed by atoms with E-state index in [1.165, 1.54) is 25.0 Å². The average Bonchev–Trinajstić information content (AvgIpc) is 3.31. The fourth-order valence-electron chi connectivity index (χ4n) is 3.69. The fraction of sp³-hybridized carbons (Fsp3) is 0.579. The first-order valence-corrected chi connectivity index (χ1v) is 9.16. The standard InChI is InChI=1S/C19H27FN4O.HI/c1-21-19(22-12-14-6-8-16(20)9-7-14)23-17-10-11-24(13-17)18(25)15-4-2-3-5-15;/h6-9,15,17H,2-5,10-13H2,1H3,(H2,21,22,23);1H. The molecule has 3 rings (SSSR count). The van der Waals surface area contributed by atoms with E-state index in [9.17, 15) is 9.18 Å². The van der Waals surface area contributed by atoms with Crippen LogP contribution in [0.3, 0.4) is 0 Å². The number of hydrogen-bond acceptors (Lipinski definition) is 2. The van der Waals surface area contributed by atoms with Gasteiger partial charge in [0.15, 0.2) is 5.96 Å². The molecular formula is C19H28FIN4O. The van der Waals surface area contributed by atoms with Crippen LogP contribution in [0, 0.1) is 11.7 Å². The third-order valence-electron chi connectivity index (χ3n) is 5.14. The lowest BCUT2D eigenvalue weighted by atomic mass is 10.1. The van der Waals surface area contributed by atoms with Crippen molar-refractivity contribution in [3.63, 3.8) is 0 Å². The second kappa shape index (κ2) is 10.1. The minimum Gasteiger partial charge on any atom is -0.352 e. The van der Waals surface area contributed by atoms with Crippen molar-refractivity contribution >= 4 is 35.8 Å². The maximum absolute atomic E-state index is 12.9. The molecule has 1 amide bonds. The Kier molecular flexibility index (Phi) is 8.12. The number of halogens is 2. The van der Waals surface area contributed by atoms with Gasteiger partial charge in [-0.05, 0) is 37.0 Å². The second-order valence-corrected chi connectivity index (χ2v) is 6.95. The normalized spacial score (nSPS) is 20.8. The molecule has 0 radical (unpaired) electrons. The Hall–Kier alpha value is -1.38. The summed E-state index contributed by atoms with van der Waals surface area (Å²) >= 11 is 0. The lowest BCUT2D eigenvalue weighted by Gasteiger charge is -2.21. The molecule has 1 aliphatic carbocycles. The minimum absolute atomic E-state index is 0. The van der Waals surface area contributed by atoms with Crippen LogP contribution in [-0.2, 0) is 11.3 Å². The molecule has 144 valence electrons. The molecule has 1 aromatic rings. The number of nitrogens with zero attached hydrogens (tertiary/aromatic N) is 2. The van der Waals surface area contributed by atoms with Gasteiger partial charge in [0, 0.05) is 38.6 Å². The van der Waals surface area contributed by atoms with Crippen LogP contribution in [0.5, 0.6) is 0 Å². The van der Waals surface area contributed by atoms with E-state index in [1.54, 1.807) is 19.2 Å². The first kappa shape index (κ1) is 20.9. The smallest absolute Gasteiger partial charge is 0.225 e. The molecule has 7 heteroatoms. The van der Waals surface area contributed by atoms with Crippen molar-refractivity contribution in [2.24, 2.45) is 10.9 Å². The molecule has 0 spiro atoms. The third kappa shape index (κ3) is 5.56. The maximum atomic E-state index is 12.9. The first-order valence-electron chi connectivity index (χ1n) is 9.16. The average molecular weight is 474 g/mol. The number of rotatable bonds is 4. The maximum Gasteiger partial charge on any atom is 0.225 e. The van der Waals surface area contributed by atoms with Gasteiger partial charge in [-0.25, -0.2) is 4.39 Å². The number of hydrogen-bond donors (Lipinski definition) is 2. The van der Waals surface area contributed by atoms with Gasteiger partial charge in [-0.3, -0.25) is 9.79 Å². The first-order chi connectivity index (χ1) is 12.2. The van der Waals surface area contributed by atoms with Gasteiger partial charge >= 0.3 is 0 Å². The molecule has 1 saturated carbocycles. The zero-order valence-electron chi connectivity index (χ0n) is 15.2. The summed E-state index contributed by atoms with van der Waals surface area (Å²) in [6, 6.07) is 6.65. The Morgan fingerprint density at radius 1 is 1.23 bits per heavy atom. The van der Waals surface area contributed by atoms with Gasteiger partial charge in [-0.1, -0.05) is 25.0 Å². The monoisotopic (exact) mass is 474 g/mol. The van der Waals surface area contributed by atoms with Gasteiger partial charge in [-0.15, -0.1) is 24.0 Å². The zero-order valence-corrected chi connectivity index (χ0v) is 17.5. The van der Waals surface area contributed by atoms with E-state index < -0.39 is 0 Å². The highest BCUT2D eigenvalue weighted by Gasteiger charge is 2.32. The summed E-state index contributed by atoms with van der Waals surface area (Å²) in [5.74, 6) is 1.06. The molecular weight excluding hydrogens is 446 g/mol. The molecule has 1 saturated heterocycles. The highest BCUT2D eigenvalue weighted by atomic mass is 127. The lowest BCUT2D eigenvalue weighted by Crippen LogP contribution is -2.45. The summed E-state index contributed by atoms with van der Waals surface area (Å²) in [7, 11) is 1.73. The van der Waals surface area contributed by atoms with Gasteiger partial charge in [0.25, 0.3) is 0 Å². The van der Waals surface area contributed by atoms with Crippen molar-refractivity contribution in [3.05, 3.63) is 35.6 Å². The van der Waals surface area contributed by atoms with Crippen LogP contribution in [0.25, 0.3) is 0 Å². The summed E-state index contributed by atoms with van der Waals surface area (Å²) < 4.78 is 12.9. The van der Waals surface area contributed by atoms with E-state index in [0.29, 0.717) is 18.4 Å². The van der Waals surface area contributed by atoms with Crippen molar-refractivity contribution in [3.8, 4) is 0 Å². The Labute approximate surface area is 171 Å². The molecule has 0 aromatic heterocycles. The number of likely N-dealkylation sites (tertiary alicyclic amines) is 1. The topological polar surface area (TPSA) is 56.7 Å². The molecule has 5 nitrogen and oxygen atoms in total. The number of guanidine groups is 1. The highest BCUT2D eigenvalue weighted by Crippen LogP contribution is 2.27. The number of carbonyl (C=O) groups excluding carboxylic acids is 1. The summed E-state index contributed by atoms with van der Waals surface area (Å²) in [6.45, 7) is 2.14. The van der Waals surface area contributed by atoms with E-state index in [0.717, 1.165) is 37.9 Å². The lowest BCUT2D eigenvalue weighted by molar-refractivity contribution is -0.134. The number of carbonyl (C=O) groups is 1. The number of benzene rings is 1. The molecule has 1 unspecified atom stereocenters. The van der Waals surface area contributed by atoms with E-state index in [1.807, 2.05) is 4.90 Å². The Morgan fingerprint density at radius 2 is 1.92 bits per heavy atom. The highest BCUT2D eigenvalue weighted by molar-refractivity contribution is 14.0. The van der Waals surface area contributed by atoms with Crippen molar-refractivity contribution < 1.29 is 9.18 Å². The number of nitrogens with one attached hydrogen (secondary N) is 2. The Bertz CT molecular complexity index is 616. The quantitative estimate of drug-likeness (QED) is 0.401. The van der Waals surface area contributed by atoms with Crippen LogP contribution in [0.1, 0.15) is 37.7 Å². The van der Waals surface area contributed by atoms with Gasteiger partial charge in [0.1, 0.15) is 5.82 Å². The van der Waals surface area contributed by atoms with Crippen molar-refractivity contribution in [1.82, 2.24) is 15.5 Å². The summed E-state index contributed by atoms with van der Waals surface area (Å²) in [5.41, 5.74) is 0.994. The van der Waals surface area contributed by atoms with Crippen molar-refractivity contribution in [2.75, 3.05) is 20.1 Å². The SMILES string of the molecule is CN=C(NCc1ccc(F)cc1)NC1CCN(C(=O)C2CCCC2)C1.I. The van der Waals surface area contributed by atoms with Gasteiger partial charge < -0.3 is 15.5 Å². The Morgan fingerprint density at radius 3 is 2.58 bits per heavy atom. The van der Waals surface area contributed by atoms with E-state index in [2.05, 4.69) is 15.6 Å². The molecule has 1 aromatic carbocycles. The summed E-state index contributed by atoms with van der Waals surface area (Å²) in [4.78, 5) is 18.8.